The molecule has 42 heavy (non-hydrogen) atoms. The summed E-state index contributed by atoms with van der Waals surface area (Å²) in [4.78, 5) is 43.0. The minimum atomic E-state index is -1.12. The lowest BCUT2D eigenvalue weighted by Crippen LogP contribution is -2.57. The average Bonchev–Trinajstić information content (AvgIpc) is 2.90. The van der Waals surface area contributed by atoms with E-state index in [2.05, 4.69) is 10.6 Å². The number of benzene rings is 3. The SMILES string of the molecule is CSCCC(NC(=O)OC(C)(C)C)C(=O)N(C1CCC1)C(C(=O)Nc1ccc2ccccc2c1)c1cccc(C)c1O. The summed E-state index contributed by atoms with van der Waals surface area (Å²) in [5.41, 5.74) is 0.792. The number of nitrogens with zero attached hydrogens (tertiary/aromatic N) is 1. The summed E-state index contributed by atoms with van der Waals surface area (Å²) in [5, 5.41) is 19.0. The molecule has 1 fully saturated rings. The number of hydrogen-bond donors (Lipinski definition) is 3. The first kappa shape index (κ1) is 31.2. The van der Waals surface area contributed by atoms with Gasteiger partial charge in [-0.25, -0.2) is 4.79 Å². The lowest BCUT2D eigenvalue weighted by molar-refractivity contribution is -0.145. The maximum absolute atomic E-state index is 14.4. The van der Waals surface area contributed by atoms with Crippen molar-refractivity contribution in [2.24, 2.45) is 0 Å². The molecule has 0 aliphatic heterocycles. The third-order valence-corrected chi connectivity index (χ3v) is 8.07. The summed E-state index contributed by atoms with van der Waals surface area (Å²) < 4.78 is 5.47. The van der Waals surface area contributed by atoms with Crippen molar-refractivity contribution in [2.75, 3.05) is 17.3 Å². The van der Waals surface area contributed by atoms with E-state index >= 15 is 0 Å². The first-order valence-corrected chi connectivity index (χ1v) is 15.8. The molecule has 3 aromatic carbocycles. The van der Waals surface area contributed by atoms with Gasteiger partial charge in [0, 0.05) is 17.3 Å². The molecule has 0 radical (unpaired) electrons. The Hall–Kier alpha value is -3.72. The number of rotatable bonds is 10. The van der Waals surface area contributed by atoms with E-state index < -0.39 is 29.7 Å². The van der Waals surface area contributed by atoms with E-state index in [1.807, 2.05) is 48.7 Å². The molecular weight excluding hydrogens is 550 g/mol. The van der Waals surface area contributed by atoms with Crippen LogP contribution in [0.3, 0.4) is 0 Å². The Morgan fingerprint density at radius 3 is 2.40 bits per heavy atom. The lowest BCUT2D eigenvalue weighted by atomic mass is 9.87. The van der Waals surface area contributed by atoms with Gasteiger partial charge in [0.15, 0.2) is 0 Å². The van der Waals surface area contributed by atoms with Gasteiger partial charge in [-0.3, -0.25) is 9.59 Å². The normalized spacial score (nSPS) is 14.9. The fourth-order valence-electron chi connectivity index (χ4n) is 5.10. The summed E-state index contributed by atoms with van der Waals surface area (Å²) in [6.07, 6.45) is 3.97. The number of phenolic OH excluding ortho intramolecular Hbond substituents is 1. The van der Waals surface area contributed by atoms with Crippen molar-refractivity contribution < 1.29 is 24.2 Å². The van der Waals surface area contributed by atoms with Gasteiger partial charge in [0.1, 0.15) is 23.4 Å². The predicted molar refractivity (Wildman–Crippen MR) is 169 cm³/mol. The van der Waals surface area contributed by atoms with Crippen molar-refractivity contribution in [1.29, 1.82) is 0 Å². The Bertz CT molecular complexity index is 1430. The molecule has 8 nitrogen and oxygen atoms in total. The number of para-hydroxylation sites is 1. The average molecular weight is 592 g/mol. The second kappa shape index (κ2) is 13.5. The summed E-state index contributed by atoms with van der Waals surface area (Å²) in [7, 11) is 0. The van der Waals surface area contributed by atoms with Gasteiger partial charge in [0.25, 0.3) is 5.91 Å². The number of nitrogens with one attached hydrogen (secondary N) is 2. The van der Waals surface area contributed by atoms with Gasteiger partial charge in [-0.2, -0.15) is 11.8 Å². The molecular formula is C33H41N3O5S. The number of alkyl carbamates (subject to hydrolysis) is 1. The van der Waals surface area contributed by atoms with Crippen LogP contribution in [0.4, 0.5) is 10.5 Å². The number of hydrogen-bond acceptors (Lipinski definition) is 6. The number of anilines is 1. The van der Waals surface area contributed by atoms with Crippen molar-refractivity contribution in [3.63, 3.8) is 0 Å². The molecule has 2 unspecified atom stereocenters. The zero-order chi connectivity index (χ0) is 30.4. The van der Waals surface area contributed by atoms with E-state index in [0.29, 0.717) is 29.0 Å². The van der Waals surface area contributed by atoms with Crippen molar-refractivity contribution in [1.82, 2.24) is 10.2 Å². The van der Waals surface area contributed by atoms with E-state index in [9.17, 15) is 19.5 Å². The van der Waals surface area contributed by atoms with Crippen molar-refractivity contribution >= 4 is 46.1 Å². The quantitative estimate of drug-likeness (QED) is 0.246. The maximum Gasteiger partial charge on any atom is 0.408 e. The van der Waals surface area contributed by atoms with Gasteiger partial charge < -0.3 is 25.4 Å². The van der Waals surface area contributed by atoms with Gasteiger partial charge in [0.2, 0.25) is 5.91 Å². The molecule has 0 heterocycles. The highest BCUT2D eigenvalue weighted by Crippen LogP contribution is 2.38. The molecule has 0 spiro atoms. The van der Waals surface area contributed by atoms with Crippen LogP contribution in [0.15, 0.2) is 60.7 Å². The number of ether oxygens (including phenoxy) is 1. The van der Waals surface area contributed by atoms with E-state index in [0.717, 1.165) is 30.0 Å². The fraction of sp³-hybridized carbons (Fsp3) is 0.424. The zero-order valence-electron chi connectivity index (χ0n) is 25.0. The van der Waals surface area contributed by atoms with Crippen LogP contribution in [0.1, 0.15) is 63.6 Å². The second-order valence-corrected chi connectivity index (χ2v) is 12.8. The van der Waals surface area contributed by atoms with Crippen molar-refractivity contribution in [3.8, 4) is 5.75 Å². The van der Waals surface area contributed by atoms with Gasteiger partial charge in [-0.1, -0.05) is 48.5 Å². The van der Waals surface area contributed by atoms with Crippen LogP contribution in [0.5, 0.6) is 5.75 Å². The summed E-state index contributed by atoms with van der Waals surface area (Å²) in [6, 6.07) is 16.5. The Morgan fingerprint density at radius 2 is 1.76 bits per heavy atom. The molecule has 2 atom stereocenters. The molecule has 4 rings (SSSR count). The standard InChI is InChI=1S/C33H41N3O5S/c1-21-10-8-15-26(29(21)37)28(30(38)34-24-17-16-22-11-6-7-12-23(22)20-24)36(25-13-9-14-25)31(39)27(18-19-42-5)35-32(40)41-33(2,3)4/h6-8,10-12,15-17,20,25,27-28,37H,9,13-14,18-19H2,1-5H3,(H,34,38)(H,35,40). The Kier molecular flexibility index (Phi) is 10.0. The first-order valence-electron chi connectivity index (χ1n) is 14.4. The van der Waals surface area contributed by atoms with Crippen LogP contribution in [-0.2, 0) is 14.3 Å². The second-order valence-electron chi connectivity index (χ2n) is 11.8. The molecule has 3 aromatic rings. The molecule has 0 saturated heterocycles. The number of fused-ring (bicyclic) bond motifs is 1. The summed E-state index contributed by atoms with van der Waals surface area (Å²) in [5.74, 6) is -0.227. The highest BCUT2D eigenvalue weighted by atomic mass is 32.2. The molecule has 1 saturated carbocycles. The van der Waals surface area contributed by atoms with Crippen LogP contribution >= 0.6 is 11.8 Å². The number of phenols is 1. The highest BCUT2D eigenvalue weighted by Gasteiger charge is 2.43. The maximum atomic E-state index is 14.4. The zero-order valence-corrected chi connectivity index (χ0v) is 25.8. The first-order chi connectivity index (χ1) is 20.0. The minimum Gasteiger partial charge on any atom is -0.507 e. The lowest BCUT2D eigenvalue weighted by Gasteiger charge is -2.43. The Morgan fingerprint density at radius 1 is 1.05 bits per heavy atom. The molecule has 1 aliphatic carbocycles. The minimum absolute atomic E-state index is 0.0333. The molecule has 1 aliphatic rings. The van der Waals surface area contributed by atoms with Crippen LogP contribution in [0.2, 0.25) is 0 Å². The van der Waals surface area contributed by atoms with Crippen LogP contribution in [-0.4, -0.2) is 57.6 Å². The van der Waals surface area contributed by atoms with Gasteiger partial charge >= 0.3 is 6.09 Å². The van der Waals surface area contributed by atoms with Crippen molar-refractivity contribution in [2.45, 2.75) is 77.1 Å². The highest BCUT2D eigenvalue weighted by molar-refractivity contribution is 7.98. The third kappa shape index (κ3) is 7.56. The third-order valence-electron chi connectivity index (χ3n) is 7.43. The molecule has 3 N–H and O–H groups in total. The molecule has 224 valence electrons. The van der Waals surface area contributed by atoms with E-state index in [1.165, 1.54) is 0 Å². The smallest absolute Gasteiger partial charge is 0.408 e. The number of aromatic hydroxyl groups is 1. The molecule has 9 heteroatoms. The van der Waals surface area contributed by atoms with Crippen LogP contribution in [0.25, 0.3) is 10.8 Å². The molecule has 0 aromatic heterocycles. The topological polar surface area (TPSA) is 108 Å². The van der Waals surface area contributed by atoms with Gasteiger partial charge in [0.05, 0.1) is 0 Å². The largest absolute Gasteiger partial charge is 0.507 e. The summed E-state index contributed by atoms with van der Waals surface area (Å²) in [6.45, 7) is 7.05. The van der Waals surface area contributed by atoms with E-state index in [-0.39, 0.29) is 17.7 Å². The summed E-state index contributed by atoms with van der Waals surface area (Å²) >= 11 is 1.56. The predicted octanol–water partition coefficient (Wildman–Crippen LogP) is 6.56. The number of carbonyl (C=O) groups is 3. The van der Waals surface area contributed by atoms with Crippen LogP contribution in [0, 0.1) is 6.92 Å². The molecule has 0 bridgehead atoms. The van der Waals surface area contributed by atoms with E-state index in [4.69, 9.17) is 4.74 Å². The van der Waals surface area contributed by atoms with Crippen molar-refractivity contribution in [3.05, 3.63) is 71.8 Å². The Balaban J connectivity index is 1.74. The fourth-order valence-corrected chi connectivity index (χ4v) is 5.57. The molecule has 3 amide bonds. The van der Waals surface area contributed by atoms with E-state index in [1.54, 1.807) is 62.6 Å². The Labute approximate surface area is 252 Å². The number of carbonyl (C=O) groups excluding carboxylic acids is 3. The number of thioether (sulfide) groups is 1. The monoisotopic (exact) mass is 591 g/mol. The number of aryl methyl sites for hydroxylation is 1. The van der Waals surface area contributed by atoms with Gasteiger partial charge in [-0.15, -0.1) is 0 Å². The van der Waals surface area contributed by atoms with Gasteiger partial charge in [-0.05, 0) is 93.9 Å². The number of amides is 3. The van der Waals surface area contributed by atoms with Crippen LogP contribution < -0.4 is 10.6 Å².